The number of hydrogen-bond donors (Lipinski definition) is 3. The van der Waals surface area contributed by atoms with Crippen LogP contribution in [0, 0.1) is 5.41 Å². The van der Waals surface area contributed by atoms with Gasteiger partial charge in [-0.25, -0.2) is 0 Å². The van der Waals surface area contributed by atoms with Gasteiger partial charge in [0.05, 0.1) is 12.1 Å². The topological polar surface area (TPSA) is 98.7 Å². The standard InChI is InChI=1S/C26H28ClN3O4/c1-15(31)28-22(17-6-4-7-18(27)11-17)25(34)30-14-26(9-10-26)13-20(30)24(33)29-23-19-8-3-2-5-16(19)12-21(23)32/h2-8,11,20-23,32H,9-10,12-14H2,1H3,(H,28,31)(H,29,33)/t20-,21-,22-,23+/m1/s1. The van der Waals surface area contributed by atoms with Gasteiger partial charge in [-0.3, -0.25) is 14.4 Å². The lowest BCUT2D eigenvalue weighted by molar-refractivity contribution is -0.142. The smallest absolute Gasteiger partial charge is 0.250 e. The van der Waals surface area contributed by atoms with Crippen LogP contribution in [0.5, 0.6) is 0 Å². The first-order chi connectivity index (χ1) is 16.3. The molecule has 1 heterocycles. The zero-order chi connectivity index (χ0) is 24.0. The van der Waals surface area contributed by atoms with Crippen LogP contribution in [0.1, 0.15) is 55.0 Å². The van der Waals surface area contributed by atoms with Crippen LogP contribution in [0.2, 0.25) is 5.02 Å². The molecule has 3 aliphatic rings. The van der Waals surface area contributed by atoms with Crippen molar-refractivity contribution in [3.63, 3.8) is 0 Å². The first-order valence-corrected chi connectivity index (χ1v) is 12.0. The molecule has 0 radical (unpaired) electrons. The van der Waals surface area contributed by atoms with E-state index in [2.05, 4.69) is 10.6 Å². The second-order valence-electron chi connectivity index (χ2n) is 9.83. The quantitative estimate of drug-likeness (QED) is 0.611. The third kappa shape index (κ3) is 4.30. The number of hydrogen-bond acceptors (Lipinski definition) is 4. The number of fused-ring (bicyclic) bond motifs is 1. The van der Waals surface area contributed by atoms with Gasteiger partial charge >= 0.3 is 0 Å². The van der Waals surface area contributed by atoms with E-state index in [4.69, 9.17) is 11.6 Å². The van der Waals surface area contributed by atoms with Gasteiger partial charge in [-0.1, -0.05) is 48.0 Å². The fourth-order valence-corrected chi connectivity index (χ4v) is 5.60. The van der Waals surface area contributed by atoms with E-state index in [1.165, 1.54) is 6.92 Å². The van der Waals surface area contributed by atoms with E-state index in [-0.39, 0.29) is 23.1 Å². The van der Waals surface area contributed by atoms with E-state index in [0.29, 0.717) is 30.0 Å². The van der Waals surface area contributed by atoms with Crippen molar-refractivity contribution >= 4 is 29.3 Å². The van der Waals surface area contributed by atoms with Gasteiger partial charge in [0.15, 0.2) is 0 Å². The minimum Gasteiger partial charge on any atom is -0.390 e. The largest absolute Gasteiger partial charge is 0.390 e. The first-order valence-electron chi connectivity index (χ1n) is 11.7. The van der Waals surface area contributed by atoms with Crippen LogP contribution in [0.4, 0.5) is 0 Å². The number of nitrogens with zero attached hydrogens (tertiary/aromatic N) is 1. The van der Waals surface area contributed by atoms with E-state index in [9.17, 15) is 19.5 Å². The van der Waals surface area contributed by atoms with Gasteiger partial charge < -0.3 is 20.6 Å². The van der Waals surface area contributed by atoms with Crippen molar-refractivity contribution in [1.82, 2.24) is 15.5 Å². The molecular formula is C26H28ClN3O4. The first kappa shape index (κ1) is 22.9. The third-order valence-corrected chi connectivity index (χ3v) is 7.56. The summed E-state index contributed by atoms with van der Waals surface area (Å²) in [6.45, 7) is 1.84. The van der Waals surface area contributed by atoms with E-state index in [1.807, 2.05) is 24.3 Å². The maximum atomic E-state index is 13.8. The molecule has 3 amide bonds. The van der Waals surface area contributed by atoms with Crippen molar-refractivity contribution in [3.05, 3.63) is 70.2 Å². The number of halogens is 1. The minimum absolute atomic E-state index is 0.0427. The maximum absolute atomic E-state index is 13.8. The number of rotatable bonds is 5. The van der Waals surface area contributed by atoms with Crippen LogP contribution in [0.3, 0.4) is 0 Å². The summed E-state index contributed by atoms with van der Waals surface area (Å²) in [5.41, 5.74) is 2.46. The normalized spacial score (nSPS) is 25.0. The Bertz CT molecular complexity index is 1150. The molecule has 2 aromatic carbocycles. The average molecular weight is 482 g/mol. The molecule has 2 fully saturated rings. The Balaban J connectivity index is 1.40. The van der Waals surface area contributed by atoms with Gasteiger partial charge in [-0.2, -0.15) is 0 Å². The summed E-state index contributed by atoms with van der Waals surface area (Å²) >= 11 is 6.15. The zero-order valence-corrected chi connectivity index (χ0v) is 19.7. The van der Waals surface area contributed by atoms with Crippen LogP contribution in [-0.4, -0.2) is 46.4 Å². The predicted octanol–water partition coefficient (Wildman–Crippen LogP) is 2.67. The molecule has 1 spiro atoms. The van der Waals surface area contributed by atoms with Gasteiger partial charge in [0.2, 0.25) is 11.8 Å². The Morgan fingerprint density at radius 3 is 2.62 bits per heavy atom. The third-order valence-electron chi connectivity index (χ3n) is 7.33. The minimum atomic E-state index is -0.932. The van der Waals surface area contributed by atoms with Crippen molar-refractivity contribution in [2.45, 2.75) is 56.8 Å². The molecule has 7 nitrogen and oxygen atoms in total. The number of likely N-dealkylation sites (tertiary alicyclic amines) is 1. The number of carbonyl (C=O) groups is 3. The van der Waals surface area contributed by atoms with Gasteiger partial charge in [-0.05, 0) is 53.5 Å². The Hall–Kier alpha value is -2.90. The summed E-state index contributed by atoms with van der Waals surface area (Å²) in [4.78, 5) is 40.8. The summed E-state index contributed by atoms with van der Waals surface area (Å²) in [6, 6.07) is 12.4. The van der Waals surface area contributed by atoms with Crippen LogP contribution in [0.25, 0.3) is 0 Å². The molecular weight excluding hydrogens is 454 g/mol. The molecule has 1 aliphatic heterocycles. The molecule has 178 valence electrons. The van der Waals surface area contributed by atoms with Gasteiger partial charge in [0, 0.05) is 24.9 Å². The monoisotopic (exact) mass is 481 g/mol. The Kier molecular flexibility index (Phi) is 5.86. The Labute approximate surface area is 203 Å². The molecule has 0 unspecified atom stereocenters. The molecule has 8 heteroatoms. The van der Waals surface area contributed by atoms with Crippen LogP contribution < -0.4 is 10.6 Å². The molecule has 0 aromatic heterocycles. The summed E-state index contributed by atoms with van der Waals surface area (Å²) < 4.78 is 0. The second-order valence-corrected chi connectivity index (χ2v) is 10.3. The fraction of sp³-hybridized carbons (Fsp3) is 0.423. The highest BCUT2D eigenvalue weighted by molar-refractivity contribution is 6.30. The van der Waals surface area contributed by atoms with Gasteiger partial charge in [-0.15, -0.1) is 0 Å². The summed E-state index contributed by atoms with van der Waals surface area (Å²) in [7, 11) is 0. The van der Waals surface area contributed by atoms with E-state index < -0.39 is 24.2 Å². The number of aliphatic hydroxyl groups is 1. The molecule has 0 bridgehead atoms. The van der Waals surface area contributed by atoms with Crippen molar-refractivity contribution in [2.24, 2.45) is 5.41 Å². The molecule has 1 saturated heterocycles. The molecule has 3 N–H and O–H groups in total. The summed E-state index contributed by atoms with van der Waals surface area (Å²) in [6.07, 6.45) is 2.30. The van der Waals surface area contributed by atoms with Crippen molar-refractivity contribution in [2.75, 3.05) is 6.54 Å². The van der Waals surface area contributed by atoms with E-state index in [1.54, 1.807) is 29.2 Å². The van der Waals surface area contributed by atoms with Crippen molar-refractivity contribution in [3.8, 4) is 0 Å². The predicted molar refractivity (Wildman–Crippen MR) is 127 cm³/mol. The highest BCUT2D eigenvalue weighted by Crippen LogP contribution is 2.55. The summed E-state index contributed by atoms with van der Waals surface area (Å²) in [5.74, 6) is -0.940. The number of amides is 3. The van der Waals surface area contributed by atoms with Gasteiger partial charge in [0.1, 0.15) is 12.1 Å². The maximum Gasteiger partial charge on any atom is 0.250 e. The fourth-order valence-electron chi connectivity index (χ4n) is 5.40. The molecule has 4 atom stereocenters. The van der Waals surface area contributed by atoms with E-state index >= 15 is 0 Å². The number of benzene rings is 2. The van der Waals surface area contributed by atoms with E-state index in [0.717, 1.165) is 24.0 Å². The van der Waals surface area contributed by atoms with Gasteiger partial charge in [0.25, 0.3) is 5.91 Å². The molecule has 34 heavy (non-hydrogen) atoms. The lowest BCUT2D eigenvalue weighted by Gasteiger charge is -2.30. The Morgan fingerprint density at radius 1 is 1.15 bits per heavy atom. The van der Waals surface area contributed by atoms with Crippen LogP contribution >= 0.6 is 11.6 Å². The number of aliphatic hydroxyl groups excluding tert-OH is 1. The average Bonchev–Trinajstić information content (AvgIpc) is 3.33. The number of carbonyl (C=O) groups excluding carboxylic acids is 3. The molecule has 2 aromatic rings. The molecule has 1 saturated carbocycles. The summed E-state index contributed by atoms with van der Waals surface area (Å²) in [5, 5.41) is 16.8. The Morgan fingerprint density at radius 2 is 1.91 bits per heavy atom. The van der Waals surface area contributed by atoms with Crippen LogP contribution in [0.15, 0.2) is 48.5 Å². The highest BCUT2D eigenvalue weighted by Gasteiger charge is 2.56. The second kappa shape index (κ2) is 8.71. The lowest BCUT2D eigenvalue weighted by Crippen LogP contribution is -2.51. The zero-order valence-electron chi connectivity index (χ0n) is 19.0. The highest BCUT2D eigenvalue weighted by atomic mass is 35.5. The molecule has 5 rings (SSSR count). The molecule has 2 aliphatic carbocycles. The lowest BCUT2D eigenvalue weighted by atomic mass is 10.0. The number of nitrogens with one attached hydrogen (secondary N) is 2. The van der Waals surface area contributed by atoms with Crippen molar-refractivity contribution in [1.29, 1.82) is 0 Å². The van der Waals surface area contributed by atoms with Crippen LogP contribution in [-0.2, 0) is 20.8 Å². The van der Waals surface area contributed by atoms with Crippen molar-refractivity contribution < 1.29 is 19.5 Å². The SMILES string of the molecule is CC(=O)N[C@@H](C(=O)N1CC2(CC2)C[C@@H]1C(=O)N[C@H]1c2ccccc2C[C@H]1O)c1cccc(Cl)c1.